The van der Waals surface area contributed by atoms with Crippen LogP contribution in [-0.2, 0) is 0 Å². The summed E-state index contributed by atoms with van der Waals surface area (Å²) >= 11 is 0. The van der Waals surface area contributed by atoms with Crippen LogP contribution in [0, 0.1) is 56.7 Å². The first kappa shape index (κ1) is 16.7. The van der Waals surface area contributed by atoms with Gasteiger partial charge in [-0.1, -0.05) is 12.1 Å². The number of phenolic OH excluding ortho intramolecular Hbond substituents is 1. The number of hydrogen-bond acceptors (Lipinski definition) is 5. The zero-order chi connectivity index (χ0) is 18.2. The van der Waals surface area contributed by atoms with Crippen LogP contribution in [0.25, 0.3) is 0 Å². The molecule has 1 aromatic rings. The number of likely N-dealkylation sites (N-methyl/N-ethyl adjacent to an activating group) is 1. The summed E-state index contributed by atoms with van der Waals surface area (Å²) in [5, 5.41) is 47.7. The molecule has 0 spiro atoms. The number of aromatic hydroxyl groups is 1. The zero-order valence-electron chi connectivity index (χ0n) is 13.8. The number of phenols is 1. The Morgan fingerprint density at radius 3 is 2.60 bits per heavy atom. The third-order valence-electron chi connectivity index (χ3n) is 5.31. The average molecular weight is 332 g/mol. The summed E-state index contributed by atoms with van der Waals surface area (Å²) in [6.45, 7) is 1.42. The molecule has 2 aliphatic rings. The molecule has 1 fully saturated rings. The van der Waals surface area contributed by atoms with E-state index in [-0.39, 0.29) is 17.4 Å². The standard InChI is InChI=1S/C19H17N5O/c1-24-6-5-14-15(8-20)18(23)19(10-21,11-22)17(16(14)9-24)12-3-2-4-13(25)7-12/h2-5,7,15-17,23,25H,6,9H2,1H3/p+1/t15?,16-,17+/m0/s1. The molecule has 0 saturated heterocycles. The van der Waals surface area contributed by atoms with Gasteiger partial charge in [-0.05, 0) is 29.3 Å². The fourth-order valence-corrected chi connectivity index (χ4v) is 4.15. The van der Waals surface area contributed by atoms with Crippen molar-refractivity contribution in [2.24, 2.45) is 17.3 Å². The third-order valence-corrected chi connectivity index (χ3v) is 5.31. The largest absolute Gasteiger partial charge is 0.508 e. The Kier molecular flexibility index (Phi) is 4.05. The Labute approximate surface area is 146 Å². The highest BCUT2D eigenvalue weighted by atomic mass is 16.3. The van der Waals surface area contributed by atoms with Gasteiger partial charge in [0, 0.05) is 11.8 Å². The molecule has 0 bridgehead atoms. The molecule has 1 aliphatic carbocycles. The lowest BCUT2D eigenvalue weighted by Gasteiger charge is -2.45. The van der Waals surface area contributed by atoms with Crippen LogP contribution in [0.1, 0.15) is 11.5 Å². The Bertz CT molecular complexity index is 868. The SMILES string of the molecule is C[NH+]1CC=C2C(C#N)C(=N)C(C#N)(C#N)[C@H](c3cccc(O)c3)[C@H]2C1. The summed E-state index contributed by atoms with van der Waals surface area (Å²) in [5.74, 6) is -1.58. The normalized spacial score (nSPS) is 30.2. The number of nitrogens with one attached hydrogen (secondary N) is 2. The smallest absolute Gasteiger partial charge is 0.189 e. The van der Waals surface area contributed by atoms with E-state index in [0.717, 1.165) is 12.1 Å². The van der Waals surface area contributed by atoms with Crippen LogP contribution in [-0.4, -0.2) is 31.0 Å². The molecule has 1 aliphatic heterocycles. The van der Waals surface area contributed by atoms with Gasteiger partial charge in [0.05, 0.1) is 44.1 Å². The first-order valence-corrected chi connectivity index (χ1v) is 8.09. The Morgan fingerprint density at radius 2 is 2.00 bits per heavy atom. The van der Waals surface area contributed by atoms with Crippen LogP contribution in [0.2, 0.25) is 0 Å². The van der Waals surface area contributed by atoms with Crippen LogP contribution < -0.4 is 4.90 Å². The summed E-state index contributed by atoms with van der Waals surface area (Å²) in [6.07, 6.45) is 1.97. The molecule has 124 valence electrons. The van der Waals surface area contributed by atoms with Crippen LogP contribution in [0.15, 0.2) is 35.9 Å². The summed E-state index contributed by atoms with van der Waals surface area (Å²) in [5.41, 5.74) is -0.397. The maximum absolute atomic E-state index is 9.88. The maximum atomic E-state index is 9.88. The zero-order valence-corrected chi connectivity index (χ0v) is 13.8. The molecule has 0 aromatic heterocycles. The highest BCUT2D eigenvalue weighted by molar-refractivity contribution is 6.00. The summed E-state index contributed by atoms with van der Waals surface area (Å²) in [7, 11) is 2.02. The van der Waals surface area contributed by atoms with Gasteiger partial charge < -0.3 is 15.4 Å². The van der Waals surface area contributed by atoms with E-state index < -0.39 is 17.3 Å². The van der Waals surface area contributed by atoms with Crippen LogP contribution in [0.5, 0.6) is 5.75 Å². The van der Waals surface area contributed by atoms with Gasteiger partial charge in [-0.3, -0.25) is 0 Å². The molecule has 3 N–H and O–H groups in total. The molecular formula is C19H18N5O+. The van der Waals surface area contributed by atoms with Crippen molar-refractivity contribution in [1.82, 2.24) is 0 Å². The van der Waals surface area contributed by atoms with E-state index in [2.05, 4.69) is 6.07 Å². The second-order valence-electron chi connectivity index (χ2n) is 6.76. The lowest BCUT2D eigenvalue weighted by atomic mass is 9.54. The fourth-order valence-electron chi connectivity index (χ4n) is 4.15. The minimum absolute atomic E-state index is 0.0539. The summed E-state index contributed by atoms with van der Waals surface area (Å²) in [6, 6.07) is 12.7. The Balaban J connectivity index is 2.28. The molecule has 25 heavy (non-hydrogen) atoms. The predicted octanol–water partition coefficient (Wildman–Crippen LogP) is 0.753. The summed E-state index contributed by atoms with van der Waals surface area (Å²) in [4.78, 5) is 1.22. The minimum Gasteiger partial charge on any atom is -0.508 e. The number of nitriles is 3. The molecule has 3 rings (SSSR count). The lowest BCUT2D eigenvalue weighted by Crippen LogP contribution is -3.10. The Morgan fingerprint density at radius 1 is 1.28 bits per heavy atom. The van der Waals surface area contributed by atoms with Crippen LogP contribution in [0.4, 0.5) is 0 Å². The van der Waals surface area contributed by atoms with Crippen molar-refractivity contribution in [3.63, 3.8) is 0 Å². The molecule has 6 nitrogen and oxygen atoms in total. The van der Waals surface area contributed by atoms with E-state index >= 15 is 0 Å². The first-order chi connectivity index (χ1) is 12.0. The molecule has 6 heteroatoms. The predicted molar refractivity (Wildman–Crippen MR) is 89.5 cm³/mol. The van der Waals surface area contributed by atoms with Gasteiger partial charge in [-0.25, -0.2) is 0 Å². The van der Waals surface area contributed by atoms with Gasteiger partial charge in [0.15, 0.2) is 5.41 Å². The minimum atomic E-state index is -1.71. The van der Waals surface area contributed by atoms with Crippen molar-refractivity contribution < 1.29 is 10.0 Å². The molecule has 2 unspecified atom stereocenters. The molecule has 4 atom stereocenters. The average Bonchev–Trinajstić information content (AvgIpc) is 2.61. The van der Waals surface area contributed by atoms with Crippen molar-refractivity contribution >= 4 is 5.71 Å². The third kappa shape index (κ3) is 2.38. The molecule has 1 saturated carbocycles. The maximum Gasteiger partial charge on any atom is 0.189 e. The highest BCUT2D eigenvalue weighted by Gasteiger charge is 2.58. The van der Waals surface area contributed by atoms with E-state index in [0.29, 0.717) is 12.1 Å². The second-order valence-corrected chi connectivity index (χ2v) is 6.76. The van der Waals surface area contributed by atoms with E-state index in [4.69, 9.17) is 5.41 Å². The number of fused-ring (bicyclic) bond motifs is 1. The number of nitrogens with zero attached hydrogens (tertiary/aromatic N) is 3. The molecule has 0 amide bonds. The van der Waals surface area contributed by atoms with Crippen molar-refractivity contribution in [1.29, 1.82) is 21.2 Å². The van der Waals surface area contributed by atoms with Gasteiger partial charge in [0.1, 0.15) is 11.7 Å². The van der Waals surface area contributed by atoms with E-state index in [9.17, 15) is 20.9 Å². The van der Waals surface area contributed by atoms with Gasteiger partial charge in [0.2, 0.25) is 0 Å². The molecule has 1 heterocycles. The highest BCUT2D eigenvalue weighted by Crippen LogP contribution is 2.52. The second kappa shape index (κ2) is 6.06. The molecule has 0 radical (unpaired) electrons. The summed E-state index contributed by atoms with van der Waals surface area (Å²) < 4.78 is 0. The van der Waals surface area contributed by atoms with E-state index in [1.807, 2.05) is 25.3 Å². The van der Waals surface area contributed by atoms with Crippen molar-refractivity contribution in [2.45, 2.75) is 5.92 Å². The van der Waals surface area contributed by atoms with Crippen molar-refractivity contribution in [3.05, 3.63) is 41.5 Å². The van der Waals surface area contributed by atoms with Gasteiger partial charge in [0.25, 0.3) is 0 Å². The molecular weight excluding hydrogens is 314 g/mol. The van der Waals surface area contributed by atoms with Gasteiger partial charge in [-0.2, -0.15) is 15.8 Å². The van der Waals surface area contributed by atoms with E-state index in [1.54, 1.807) is 18.2 Å². The van der Waals surface area contributed by atoms with Crippen LogP contribution >= 0.6 is 0 Å². The van der Waals surface area contributed by atoms with Crippen molar-refractivity contribution in [2.75, 3.05) is 20.1 Å². The quantitative estimate of drug-likeness (QED) is 0.657. The van der Waals surface area contributed by atoms with Gasteiger partial charge in [-0.15, -0.1) is 0 Å². The number of rotatable bonds is 1. The van der Waals surface area contributed by atoms with Crippen molar-refractivity contribution in [3.8, 4) is 24.0 Å². The Hall–Kier alpha value is -3.14. The number of hydrogen-bond donors (Lipinski definition) is 3. The number of quaternary nitrogens is 1. The number of benzene rings is 1. The molecule has 1 aromatic carbocycles. The first-order valence-electron chi connectivity index (χ1n) is 8.09. The van der Waals surface area contributed by atoms with Gasteiger partial charge >= 0.3 is 0 Å². The fraction of sp³-hybridized carbons (Fsp3) is 0.368. The van der Waals surface area contributed by atoms with Crippen LogP contribution in [0.3, 0.4) is 0 Å². The topological polar surface area (TPSA) is 120 Å². The van der Waals surface area contributed by atoms with E-state index in [1.165, 1.54) is 11.0 Å². The lowest BCUT2D eigenvalue weighted by molar-refractivity contribution is -0.878. The monoisotopic (exact) mass is 332 g/mol.